The molecule has 1 aliphatic heterocycles. The lowest BCUT2D eigenvalue weighted by atomic mass is 9.74. The Labute approximate surface area is 123 Å². The fourth-order valence-corrected chi connectivity index (χ4v) is 3.10. The van der Waals surface area contributed by atoms with Gasteiger partial charge < -0.3 is 10.5 Å². The number of nitrogens with two attached hydrogens (primary N) is 1. The highest BCUT2D eigenvalue weighted by molar-refractivity contribution is 5.51. The van der Waals surface area contributed by atoms with E-state index in [1.807, 2.05) is 24.3 Å². The minimum Gasteiger partial charge on any atom is -0.490 e. The average molecular weight is 276 g/mol. The van der Waals surface area contributed by atoms with Gasteiger partial charge in [-0.05, 0) is 43.5 Å². The molecule has 0 atom stereocenters. The Morgan fingerprint density at radius 1 is 1.15 bits per heavy atom. The van der Waals surface area contributed by atoms with Crippen LogP contribution in [0.15, 0.2) is 24.3 Å². The van der Waals surface area contributed by atoms with Gasteiger partial charge in [0.05, 0.1) is 5.69 Å². The van der Waals surface area contributed by atoms with E-state index in [2.05, 4.69) is 18.7 Å². The van der Waals surface area contributed by atoms with Gasteiger partial charge in [-0.15, -0.1) is 0 Å². The smallest absolute Gasteiger partial charge is 0.142 e. The maximum atomic E-state index is 5.87. The van der Waals surface area contributed by atoms with Crippen LogP contribution in [0.4, 0.5) is 5.69 Å². The van der Waals surface area contributed by atoms with Crippen LogP contribution in [0.2, 0.25) is 0 Å². The van der Waals surface area contributed by atoms with Gasteiger partial charge >= 0.3 is 0 Å². The molecule has 0 amide bonds. The van der Waals surface area contributed by atoms with Crippen molar-refractivity contribution >= 4 is 5.69 Å². The zero-order valence-corrected chi connectivity index (χ0v) is 12.9. The first kappa shape index (κ1) is 15.2. The van der Waals surface area contributed by atoms with Crippen molar-refractivity contribution in [3.63, 3.8) is 0 Å². The van der Waals surface area contributed by atoms with Gasteiger partial charge in [0, 0.05) is 6.54 Å². The molecule has 0 aromatic heterocycles. The summed E-state index contributed by atoms with van der Waals surface area (Å²) in [5, 5.41) is 0. The number of rotatable bonds is 6. The summed E-state index contributed by atoms with van der Waals surface area (Å²) in [7, 11) is 0. The normalized spacial score (nSPS) is 18.9. The van der Waals surface area contributed by atoms with E-state index in [1.165, 1.54) is 38.8 Å². The van der Waals surface area contributed by atoms with Crippen LogP contribution in [0.3, 0.4) is 0 Å². The Morgan fingerprint density at radius 3 is 2.40 bits per heavy atom. The molecule has 1 aliphatic rings. The molecule has 1 aromatic carbocycles. The predicted molar refractivity (Wildman–Crippen MR) is 85.0 cm³/mol. The summed E-state index contributed by atoms with van der Waals surface area (Å²) in [6, 6.07) is 7.71. The van der Waals surface area contributed by atoms with Crippen LogP contribution < -0.4 is 10.5 Å². The largest absolute Gasteiger partial charge is 0.490 e. The summed E-state index contributed by atoms with van der Waals surface area (Å²) < 4.78 is 5.78. The Kier molecular flexibility index (Phi) is 5.30. The zero-order valence-electron chi connectivity index (χ0n) is 12.9. The second kappa shape index (κ2) is 6.98. The van der Waals surface area contributed by atoms with Crippen LogP contribution >= 0.6 is 0 Å². The van der Waals surface area contributed by atoms with Gasteiger partial charge in [-0.25, -0.2) is 0 Å². The molecule has 1 fully saturated rings. The third-order valence-corrected chi connectivity index (χ3v) is 5.00. The topological polar surface area (TPSA) is 38.5 Å². The molecule has 0 spiro atoms. The number of hydrogen-bond donors (Lipinski definition) is 1. The van der Waals surface area contributed by atoms with Gasteiger partial charge in [-0.1, -0.05) is 38.8 Å². The highest BCUT2D eigenvalue weighted by atomic mass is 16.5. The van der Waals surface area contributed by atoms with Crippen LogP contribution in [0, 0.1) is 5.41 Å². The molecular weight excluding hydrogens is 248 g/mol. The first-order chi connectivity index (χ1) is 9.69. The molecule has 1 saturated heterocycles. The lowest BCUT2D eigenvalue weighted by molar-refractivity contribution is 0.0852. The summed E-state index contributed by atoms with van der Waals surface area (Å²) in [4.78, 5) is 2.52. The van der Waals surface area contributed by atoms with Crippen LogP contribution in [0.5, 0.6) is 5.75 Å². The number of piperidine rings is 1. The molecule has 0 saturated carbocycles. The summed E-state index contributed by atoms with van der Waals surface area (Å²) in [5.74, 6) is 0.806. The standard InChI is InChI=1S/C17H28N2O/c1-3-17(4-2)9-11-19(12-10-17)13-14-20-16-8-6-5-7-15(16)18/h5-8H,3-4,9-14,18H2,1-2H3. The molecular formula is C17H28N2O. The number of benzene rings is 1. The van der Waals surface area contributed by atoms with Gasteiger partial charge in [-0.3, -0.25) is 4.90 Å². The van der Waals surface area contributed by atoms with Gasteiger partial charge in [0.1, 0.15) is 12.4 Å². The van der Waals surface area contributed by atoms with E-state index in [0.29, 0.717) is 5.41 Å². The minimum atomic E-state index is 0.598. The first-order valence-electron chi connectivity index (χ1n) is 7.89. The minimum absolute atomic E-state index is 0.598. The summed E-state index contributed by atoms with van der Waals surface area (Å²) in [6.45, 7) is 8.79. The van der Waals surface area contributed by atoms with Crippen LogP contribution in [0.1, 0.15) is 39.5 Å². The van der Waals surface area contributed by atoms with E-state index in [-0.39, 0.29) is 0 Å². The van der Waals surface area contributed by atoms with Crippen molar-refractivity contribution in [3.8, 4) is 5.75 Å². The monoisotopic (exact) mass is 276 g/mol. The lowest BCUT2D eigenvalue weighted by Crippen LogP contribution is -2.41. The van der Waals surface area contributed by atoms with Crippen molar-refractivity contribution in [2.24, 2.45) is 5.41 Å². The number of nitrogens with zero attached hydrogens (tertiary/aromatic N) is 1. The second-order valence-electron chi connectivity index (χ2n) is 5.94. The molecule has 3 heteroatoms. The van der Waals surface area contributed by atoms with Gasteiger partial charge in [0.2, 0.25) is 0 Å². The molecule has 2 N–H and O–H groups in total. The Bertz CT molecular complexity index is 405. The number of nitrogen functional groups attached to an aromatic ring is 1. The maximum absolute atomic E-state index is 5.87. The van der Waals surface area contributed by atoms with E-state index < -0.39 is 0 Å². The number of anilines is 1. The third kappa shape index (κ3) is 3.66. The Hall–Kier alpha value is -1.22. The molecule has 0 aliphatic carbocycles. The zero-order chi connectivity index (χ0) is 14.4. The lowest BCUT2D eigenvalue weighted by Gasteiger charge is -2.41. The quantitative estimate of drug-likeness (QED) is 0.808. The van der Waals surface area contributed by atoms with E-state index in [9.17, 15) is 0 Å². The number of para-hydroxylation sites is 2. The van der Waals surface area contributed by atoms with Gasteiger partial charge in [0.15, 0.2) is 0 Å². The van der Waals surface area contributed by atoms with Crippen molar-refractivity contribution in [2.45, 2.75) is 39.5 Å². The number of ether oxygens (including phenoxy) is 1. The molecule has 2 rings (SSSR count). The van der Waals surface area contributed by atoms with Crippen LogP contribution in [-0.4, -0.2) is 31.1 Å². The summed E-state index contributed by atoms with van der Waals surface area (Å²) in [6.07, 6.45) is 5.28. The third-order valence-electron chi connectivity index (χ3n) is 5.00. The van der Waals surface area contributed by atoms with Crippen molar-refractivity contribution in [1.29, 1.82) is 0 Å². The molecule has 20 heavy (non-hydrogen) atoms. The van der Waals surface area contributed by atoms with Crippen LogP contribution in [-0.2, 0) is 0 Å². The highest BCUT2D eigenvalue weighted by Gasteiger charge is 2.30. The van der Waals surface area contributed by atoms with Crippen LogP contribution in [0.25, 0.3) is 0 Å². The van der Waals surface area contributed by atoms with Crippen molar-refractivity contribution in [3.05, 3.63) is 24.3 Å². The Balaban J connectivity index is 1.73. The fraction of sp³-hybridized carbons (Fsp3) is 0.647. The maximum Gasteiger partial charge on any atom is 0.142 e. The second-order valence-corrected chi connectivity index (χ2v) is 5.94. The molecule has 0 unspecified atom stereocenters. The number of hydrogen-bond acceptors (Lipinski definition) is 3. The van der Waals surface area contributed by atoms with E-state index in [1.54, 1.807) is 0 Å². The molecule has 0 bridgehead atoms. The molecule has 1 heterocycles. The Morgan fingerprint density at radius 2 is 1.80 bits per heavy atom. The fourth-order valence-electron chi connectivity index (χ4n) is 3.10. The highest BCUT2D eigenvalue weighted by Crippen LogP contribution is 2.37. The molecule has 3 nitrogen and oxygen atoms in total. The predicted octanol–water partition coefficient (Wildman–Crippen LogP) is 3.55. The van der Waals surface area contributed by atoms with Gasteiger partial charge in [0.25, 0.3) is 0 Å². The van der Waals surface area contributed by atoms with E-state index in [0.717, 1.165) is 24.6 Å². The van der Waals surface area contributed by atoms with Gasteiger partial charge in [-0.2, -0.15) is 0 Å². The van der Waals surface area contributed by atoms with E-state index in [4.69, 9.17) is 10.5 Å². The molecule has 112 valence electrons. The van der Waals surface area contributed by atoms with Crippen molar-refractivity contribution in [1.82, 2.24) is 4.90 Å². The SMILES string of the molecule is CCC1(CC)CCN(CCOc2ccccc2N)CC1. The van der Waals surface area contributed by atoms with E-state index >= 15 is 0 Å². The van der Waals surface area contributed by atoms with Crippen molar-refractivity contribution < 1.29 is 4.74 Å². The summed E-state index contributed by atoms with van der Waals surface area (Å²) >= 11 is 0. The number of likely N-dealkylation sites (tertiary alicyclic amines) is 1. The molecule has 1 aromatic rings. The van der Waals surface area contributed by atoms with Crippen molar-refractivity contribution in [2.75, 3.05) is 32.0 Å². The molecule has 0 radical (unpaired) electrons. The first-order valence-corrected chi connectivity index (χ1v) is 7.89. The average Bonchev–Trinajstić information content (AvgIpc) is 2.50. The summed E-state index contributed by atoms with van der Waals surface area (Å²) in [5.41, 5.74) is 7.20.